The molecule has 0 atom stereocenters. The Labute approximate surface area is 113 Å². The number of aromatic nitrogens is 2. The van der Waals surface area contributed by atoms with Crippen molar-refractivity contribution in [1.29, 1.82) is 0 Å². The molecule has 2 rings (SSSR count). The Balaban J connectivity index is 2.12. The molecule has 5 heteroatoms. The molecule has 0 unspecified atom stereocenters. The molecule has 0 bridgehead atoms. The van der Waals surface area contributed by atoms with Crippen LogP contribution in [0.5, 0.6) is 5.75 Å². The van der Waals surface area contributed by atoms with E-state index in [-0.39, 0.29) is 0 Å². The molecule has 1 aromatic heterocycles. The number of benzene rings is 1. The Hall–Kier alpha value is -2.17. The topological polar surface area (TPSA) is 65.1 Å². The predicted octanol–water partition coefficient (Wildman–Crippen LogP) is 2.19. The van der Waals surface area contributed by atoms with Gasteiger partial charge in [0.2, 0.25) is 0 Å². The zero-order chi connectivity index (χ0) is 13.8. The number of hydrogen-bond donors (Lipinski definition) is 2. The summed E-state index contributed by atoms with van der Waals surface area (Å²) in [6.07, 6.45) is 0.834. The van der Waals surface area contributed by atoms with Gasteiger partial charge < -0.3 is 15.8 Å². The third kappa shape index (κ3) is 2.81. The van der Waals surface area contributed by atoms with Crippen LogP contribution in [-0.4, -0.2) is 16.9 Å². The highest BCUT2D eigenvalue weighted by Crippen LogP contribution is 2.23. The van der Waals surface area contributed by atoms with E-state index in [1.807, 2.05) is 38.2 Å². The standard InChI is InChI=1S/C14H20N4O/c1-4-12-13(15)14(18(2)17-12)16-9-10-6-5-7-11(8-10)19-3/h5-8,16H,4,9,15H2,1-3H3. The number of nitrogens with one attached hydrogen (secondary N) is 1. The molecule has 1 heterocycles. The van der Waals surface area contributed by atoms with Gasteiger partial charge in [-0.15, -0.1) is 0 Å². The molecule has 1 aromatic carbocycles. The summed E-state index contributed by atoms with van der Waals surface area (Å²) in [5.41, 5.74) is 8.86. The van der Waals surface area contributed by atoms with Crippen LogP contribution < -0.4 is 15.8 Å². The molecule has 5 nitrogen and oxygen atoms in total. The highest BCUT2D eigenvalue weighted by atomic mass is 16.5. The monoisotopic (exact) mass is 260 g/mol. The minimum Gasteiger partial charge on any atom is -0.497 e. The van der Waals surface area contributed by atoms with Crippen molar-refractivity contribution in [1.82, 2.24) is 9.78 Å². The first kappa shape index (κ1) is 13.3. The summed E-state index contributed by atoms with van der Waals surface area (Å²) < 4.78 is 6.99. The van der Waals surface area contributed by atoms with Crippen molar-refractivity contribution in [2.75, 3.05) is 18.2 Å². The van der Waals surface area contributed by atoms with Gasteiger partial charge in [0.15, 0.2) is 0 Å². The summed E-state index contributed by atoms with van der Waals surface area (Å²) in [6, 6.07) is 7.94. The average molecular weight is 260 g/mol. The van der Waals surface area contributed by atoms with Crippen molar-refractivity contribution in [3.63, 3.8) is 0 Å². The van der Waals surface area contributed by atoms with E-state index < -0.39 is 0 Å². The van der Waals surface area contributed by atoms with Gasteiger partial charge in [-0.25, -0.2) is 0 Å². The molecular weight excluding hydrogens is 240 g/mol. The molecule has 0 fully saturated rings. The van der Waals surface area contributed by atoms with E-state index in [1.54, 1.807) is 11.8 Å². The Morgan fingerprint density at radius 1 is 1.42 bits per heavy atom. The fourth-order valence-corrected chi connectivity index (χ4v) is 2.03. The van der Waals surface area contributed by atoms with Crippen LogP contribution in [0.1, 0.15) is 18.2 Å². The zero-order valence-corrected chi connectivity index (χ0v) is 11.6. The van der Waals surface area contributed by atoms with E-state index in [0.717, 1.165) is 34.9 Å². The fourth-order valence-electron chi connectivity index (χ4n) is 2.03. The van der Waals surface area contributed by atoms with Gasteiger partial charge in [-0.2, -0.15) is 5.10 Å². The lowest BCUT2D eigenvalue weighted by atomic mass is 10.2. The summed E-state index contributed by atoms with van der Waals surface area (Å²) in [4.78, 5) is 0. The third-order valence-electron chi connectivity index (χ3n) is 3.09. The van der Waals surface area contributed by atoms with Crippen molar-refractivity contribution < 1.29 is 4.74 Å². The van der Waals surface area contributed by atoms with Gasteiger partial charge in [-0.05, 0) is 24.1 Å². The highest BCUT2D eigenvalue weighted by molar-refractivity contribution is 5.65. The van der Waals surface area contributed by atoms with E-state index in [2.05, 4.69) is 10.4 Å². The van der Waals surface area contributed by atoms with E-state index in [4.69, 9.17) is 10.5 Å². The lowest BCUT2D eigenvalue weighted by Crippen LogP contribution is -2.06. The minimum absolute atomic E-state index is 0.685. The Bertz CT molecular complexity index is 563. The molecule has 2 aromatic rings. The number of nitrogens with two attached hydrogens (primary N) is 1. The van der Waals surface area contributed by atoms with Crippen LogP contribution in [0.2, 0.25) is 0 Å². The van der Waals surface area contributed by atoms with Crippen molar-refractivity contribution in [2.45, 2.75) is 19.9 Å². The van der Waals surface area contributed by atoms with Crippen LogP contribution in [-0.2, 0) is 20.0 Å². The Kier molecular flexibility index (Phi) is 3.94. The van der Waals surface area contributed by atoms with E-state index in [9.17, 15) is 0 Å². The van der Waals surface area contributed by atoms with Crippen LogP contribution in [0.3, 0.4) is 0 Å². The normalized spacial score (nSPS) is 10.5. The van der Waals surface area contributed by atoms with Gasteiger partial charge in [0.1, 0.15) is 11.6 Å². The molecule has 0 radical (unpaired) electrons. The molecule has 0 aliphatic rings. The molecule has 0 aliphatic carbocycles. The van der Waals surface area contributed by atoms with Gasteiger partial charge in [0.25, 0.3) is 0 Å². The molecule has 0 spiro atoms. The molecule has 102 valence electrons. The maximum absolute atomic E-state index is 6.06. The molecule has 0 saturated carbocycles. The van der Waals surface area contributed by atoms with Crippen LogP contribution >= 0.6 is 0 Å². The van der Waals surface area contributed by atoms with Crippen LogP contribution in [0, 0.1) is 0 Å². The molecule has 19 heavy (non-hydrogen) atoms. The predicted molar refractivity (Wildman–Crippen MR) is 77.3 cm³/mol. The SMILES string of the molecule is CCc1nn(C)c(NCc2cccc(OC)c2)c1N. The average Bonchev–Trinajstić information content (AvgIpc) is 2.71. The minimum atomic E-state index is 0.685. The van der Waals surface area contributed by atoms with Crippen molar-refractivity contribution in [3.05, 3.63) is 35.5 Å². The lowest BCUT2D eigenvalue weighted by molar-refractivity contribution is 0.414. The number of anilines is 2. The van der Waals surface area contributed by atoms with Gasteiger partial charge in [-0.1, -0.05) is 19.1 Å². The Morgan fingerprint density at radius 3 is 2.84 bits per heavy atom. The molecular formula is C14H20N4O. The number of rotatable bonds is 5. The number of nitrogen functional groups attached to an aromatic ring is 1. The van der Waals surface area contributed by atoms with Crippen molar-refractivity contribution in [2.24, 2.45) is 7.05 Å². The number of nitrogens with zero attached hydrogens (tertiary/aromatic N) is 2. The second-order valence-electron chi connectivity index (χ2n) is 4.39. The summed E-state index contributed by atoms with van der Waals surface area (Å²) in [5.74, 6) is 1.71. The second-order valence-corrected chi connectivity index (χ2v) is 4.39. The summed E-state index contributed by atoms with van der Waals surface area (Å²) in [5, 5.41) is 7.70. The van der Waals surface area contributed by atoms with Gasteiger partial charge in [0, 0.05) is 13.6 Å². The summed E-state index contributed by atoms with van der Waals surface area (Å²) >= 11 is 0. The first-order valence-electron chi connectivity index (χ1n) is 6.33. The third-order valence-corrected chi connectivity index (χ3v) is 3.09. The zero-order valence-electron chi connectivity index (χ0n) is 11.6. The van der Waals surface area contributed by atoms with Crippen molar-refractivity contribution >= 4 is 11.5 Å². The first-order chi connectivity index (χ1) is 9.15. The number of ether oxygens (including phenoxy) is 1. The van der Waals surface area contributed by atoms with Gasteiger partial charge in [-0.3, -0.25) is 4.68 Å². The quantitative estimate of drug-likeness (QED) is 0.865. The molecule has 0 saturated heterocycles. The van der Waals surface area contributed by atoms with E-state index in [1.165, 1.54) is 0 Å². The number of aryl methyl sites for hydroxylation is 2. The number of methoxy groups -OCH3 is 1. The summed E-state index contributed by atoms with van der Waals surface area (Å²) in [6.45, 7) is 2.73. The highest BCUT2D eigenvalue weighted by Gasteiger charge is 2.11. The number of hydrogen-bond acceptors (Lipinski definition) is 4. The van der Waals surface area contributed by atoms with E-state index >= 15 is 0 Å². The molecule has 0 aliphatic heterocycles. The largest absolute Gasteiger partial charge is 0.497 e. The maximum Gasteiger partial charge on any atom is 0.148 e. The molecule has 3 N–H and O–H groups in total. The summed E-state index contributed by atoms with van der Waals surface area (Å²) in [7, 11) is 3.56. The lowest BCUT2D eigenvalue weighted by Gasteiger charge is -2.09. The van der Waals surface area contributed by atoms with Crippen LogP contribution in [0.15, 0.2) is 24.3 Å². The van der Waals surface area contributed by atoms with Crippen molar-refractivity contribution in [3.8, 4) is 5.75 Å². The van der Waals surface area contributed by atoms with Crippen LogP contribution in [0.4, 0.5) is 11.5 Å². The van der Waals surface area contributed by atoms with Gasteiger partial charge >= 0.3 is 0 Å². The second kappa shape index (κ2) is 5.65. The Morgan fingerprint density at radius 2 is 2.21 bits per heavy atom. The molecule has 0 amide bonds. The van der Waals surface area contributed by atoms with Crippen LogP contribution in [0.25, 0.3) is 0 Å². The smallest absolute Gasteiger partial charge is 0.148 e. The fraction of sp³-hybridized carbons (Fsp3) is 0.357. The maximum atomic E-state index is 6.06. The first-order valence-corrected chi connectivity index (χ1v) is 6.33. The van der Waals surface area contributed by atoms with E-state index in [0.29, 0.717) is 6.54 Å². The van der Waals surface area contributed by atoms with Gasteiger partial charge in [0.05, 0.1) is 18.5 Å².